The zero-order chi connectivity index (χ0) is 23.5. The second kappa shape index (κ2) is 9.57. The molecule has 8 heteroatoms. The van der Waals surface area contributed by atoms with Crippen LogP contribution in [0.1, 0.15) is 18.4 Å². The number of aliphatic imine (C=N–C) groups is 3. The summed E-state index contributed by atoms with van der Waals surface area (Å²) in [5.74, 6) is -0.276. The molecule has 0 atom stereocenters. The van der Waals surface area contributed by atoms with Crippen LogP contribution in [0.4, 0.5) is 17.1 Å². The Bertz CT molecular complexity index is 1330. The highest BCUT2D eigenvalue weighted by Gasteiger charge is 2.27. The number of rotatable bonds is 3. The number of nitrogens with zero attached hydrogens (tertiary/aromatic N) is 3. The third-order valence-electron chi connectivity index (χ3n) is 5.01. The van der Waals surface area contributed by atoms with E-state index >= 15 is 0 Å². The summed E-state index contributed by atoms with van der Waals surface area (Å²) in [7, 11) is 0. The van der Waals surface area contributed by atoms with Crippen molar-refractivity contribution in [3.8, 4) is 11.5 Å². The van der Waals surface area contributed by atoms with Crippen LogP contribution >= 0.6 is 23.2 Å². The SMILES string of the molecule is Cc1ccc(N=C2CC(=O)C(=Nc3ccc(O)c(Cl)c3)CC2=Nc2ccc(O)c(Cl)c2)cc1. The summed E-state index contributed by atoms with van der Waals surface area (Å²) in [6.07, 6.45) is 0.184. The van der Waals surface area contributed by atoms with Gasteiger partial charge in [-0.3, -0.25) is 14.8 Å². The minimum Gasteiger partial charge on any atom is -0.506 e. The average molecular weight is 480 g/mol. The molecule has 0 aromatic heterocycles. The Balaban J connectivity index is 1.76. The minimum atomic E-state index is -0.173. The molecule has 6 nitrogen and oxygen atoms in total. The number of benzene rings is 3. The normalized spacial score (nSPS) is 17.8. The van der Waals surface area contributed by atoms with Crippen molar-refractivity contribution in [2.45, 2.75) is 19.8 Å². The van der Waals surface area contributed by atoms with E-state index < -0.39 is 0 Å². The Hall–Kier alpha value is -3.48. The number of halogens is 2. The molecule has 2 N–H and O–H groups in total. The van der Waals surface area contributed by atoms with Crippen molar-refractivity contribution >= 4 is 63.2 Å². The highest BCUT2D eigenvalue weighted by molar-refractivity contribution is 6.62. The van der Waals surface area contributed by atoms with Crippen molar-refractivity contribution in [2.24, 2.45) is 15.0 Å². The van der Waals surface area contributed by atoms with Crippen LogP contribution in [0.2, 0.25) is 10.0 Å². The number of Topliss-reactive ketones (excluding diaryl/α,β-unsaturated/α-hetero) is 1. The summed E-state index contributed by atoms with van der Waals surface area (Å²) in [6, 6.07) is 16.8. The molecule has 3 aromatic rings. The van der Waals surface area contributed by atoms with E-state index in [0.717, 1.165) is 5.56 Å². The number of carbonyl (C=O) groups is 1. The molecule has 0 spiro atoms. The van der Waals surface area contributed by atoms with Gasteiger partial charge in [0.1, 0.15) is 11.5 Å². The molecule has 33 heavy (non-hydrogen) atoms. The van der Waals surface area contributed by atoms with Crippen molar-refractivity contribution in [1.29, 1.82) is 0 Å². The van der Waals surface area contributed by atoms with E-state index in [2.05, 4.69) is 15.0 Å². The zero-order valence-electron chi connectivity index (χ0n) is 17.6. The van der Waals surface area contributed by atoms with Gasteiger partial charge in [0.25, 0.3) is 0 Å². The van der Waals surface area contributed by atoms with E-state index in [1.54, 1.807) is 18.2 Å². The van der Waals surface area contributed by atoms with Crippen LogP contribution in [0.5, 0.6) is 11.5 Å². The van der Waals surface area contributed by atoms with Crippen LogP contribution in [-0.4, -0.2) is 33.1 Å². The van der Waals surface area contributed by atoms with Gasteiger partial charge in [0, 0.05) is 6.42 Å². The van der Waals surface area contributed by atoms with Gasteiger partial charge < -0.3 is 10.2 Å². The number of aromatic hydroxyl groups is 2. The number of hydrogen-bond acceptors (Lipinski definition) is 6. The van der Waals surface area contributed by atoms with Crippen LogP contribution in [0.25, 0.3) is 0 Å². The Morgan fingerprint density at radius 3 is 1.67 bits per heavy atom. The average Bonchev–Trinajstić information content (AvgIpc) is 2.78. The molecular formula is C25H19Cl2N3O3. The highest BCUT2D eigenvalue weighted by atomic mass is 35.5. The smallest absolute Gasteiger partial charge is 0.183 e. The van der Waals surface area contributed by atoms with Gasteiger partial charge in [0.2, 0.25) is 0 Å². The Morgan fingerprint density at radius 2 is 1.12 bits per heavy atom. The van der Waals surface area contributed by atoms with Crippen molar-refractivity contribution in [1.82, 2.24) is 0 Å². The molecular weight excluding hydrogens is 461 g/mol. The zero-order valence-corrected chi connectivity index (χ0v) is 19.1. The van der Waals surface area contributed by atoms with Crippen LogP contribution < -0.4 is 0 Å². The van der Waals surface area contributed by atoms with Gasteiger partial charge in [0.15, 0.2) is 5.78 Å². The lowest BCUT2D eigenvalue weighted by Gasteiger charge is -2.18. The molecule has 3 aromatic carbocycles. The first-order valence-electron chi connectivity index (χ1n) is 10.1. The Morgan fingerprint density at radius 1 is 0.667 bits per heavy atom. The molecule has 1 aliphatic rings. The number of carbonyl (C=O) groups excluding carboxylic acids is 1. The molecule has 1 saturated carbocycles. The maximum absolute atomic E-state index is 12.9. The molecule has 0 aliphatic heterocycles. The molecule has 1 aliphatic carbocycles. The summed E-state index contributed by atoms with van der Waals surface area (Å²) >= 11 is 12.0. The van der Waals surface area contributed by atoms with Gasteiger partial charge in [-0.05, 0) is 55.5 Å². The van der Waals surface area contributed by atoms with E-state index in [1.807, 2.05) is 31.2 Å². The van der Waals surface area contributed by atoms with Gasteiger partial charge in [-0.1, -0.05) is 40.9 Å². The van der Waals surface area contributed by atoms with Crippen LogP contribution in [0.3, 0.4) is 0 Å². The number of phenols is 2. The van der Waals surface area contributed by atoms with Crippen LogP contribution in [0.15, 0.2) is 75.6 Å². The van der Waals surface area contributed by atoms with Crippen LogP contribution in [0, 0.1) is 6.92 Å². The predicted molar refractivity (Wildman–Crippen MR) is 133 cm³/mol. The number of ketones is 1. The minimum absolute atomic E-state index is 0.0309. The molecule has 0 heterocycles. The first-order valence-corrected chi connectivity index (χ1v) is 10.8. The van der Waals surface area contributed by atoms with E-state index in [-0.39, 0.29) is 40.2 Å². The van der Waals surface area contributed by atoms with E-state index in [1.165, 1.54) is 18.2 Å². The molecule has 4 rings (SSSR count). The molecule has 0 amide bonds. The van der Waals surface area contributed by atoms with E-state index in [9.17, 15) is 15.0 Å². The Kier molecular flexibility index (Phi) is 6.58. The van der Waals surface area contributed by atoms with Gasteiger partial charge in [-0.2, -0.15) is 0 Å². The molecule has 0 saturated heterocycles. The maximum atomic E-state index is 12.9. The second-order valence-corrected chi connectivity index (χ2v) is 8.37. The maximum Gasteiger partial charge on any atom is 0.183 e. The lowest BCUT2D eigenvalue weighted by Crippen LogP contribution is -2.33. The van der Waals surface area contributed by atoms with Gasteiger partial charge in [-0.15, -0.1) is 0 Å². The summed E-state index contributed by atoms with van der Waals surface area (Å²) in [6.45, 7) is 1.99. The van der Waals surface area contributed by atoms with Gasteiger partial charge in [0.05, 0.1) is 50.7 Å². The third kappa shape index (κ3) is 5.48. The molecule has 166 valence electrons. The standard InChI is InChI=1S/C25H19Cl2N3O3/c1-14-2-4-15(5-3-14)28-21-13-25(33)22(30-17-7-9-24(32)19(27)11-17)12-20(21)29-16-6-8-23(31)18(26)10-16/h2-11,31-32H,12-13H2,1H3. The van der Waals surface area contributed by atoms with E-state index in [0.29, 0.717) is 34.2 Å². The van der Waals surface area contributed by atoms with Crippen molar-refractivity contribution in [2.75, 3.05) is 0 Å². The first kappa shape index (κ1) is 22.7. The topological polar surface area (TPSA) is 94.6 Å². The second-order valence-electron chi connectivity index (χ2n) is 7.56. The quantitative estimate of drug-likeness (QED) is 0.437. The molecule has 0 unspecified atom stereocenters. The van der Waals surface area contributed by atoms with Crippen LogP contribution in [-0.2, 0) is 4.79 Å². The first-order chi connectivity index (χ1) is 15.8. The summed E-state index contributed by atoms with van der Waals surface area (Å²) < 4.78 is 0. The van der Waals surface area contributed by atoms with Gasteiger partial charge in [-0.25, -0.2) is 4.99 Å². The molecule has 1 fully saturated rings. The molecule has 0 radical (unpaired) electrons. The van der Waals surface area contributed by atoms with E-state index in [4.69, 9.17) is 23.2 Å². The van der Waals surface area contributed by atoms with Gasteiger partial charge >= 0.3 is 0 Å². The fraction of sp³-hybridized carbons (Fsp3) is 0.120. The summed E-state index contributed by atoms with van der Waals surface area (Å²) in [5.41, 5.74) is 4.20. The summed E-state index contributed by atoms with van der Waals surface area (Å²) in [5, 5.41) is 19.7. The number of aryl methyl sites for hydroxylation is 1. The monoisotopic (exact) mass is 479 g/mol. The number of phenolic OH excluding ortho intramolecular Hbond substituents is 2. The largest absolute Gasteiger partial charge is 0.506 e. The Labute approximate surface area is 200 Å². The van der Waals surface area contributed by atoms with Crippen molar-refractivity contribution in [3.63, 3.8) is 0 Å². The molecule has 0 bridgehead atoms. The highest BCUT2D eigenvalue weighted by Crippen LogP contribution is 2.30. The lowest BCUT2D eigenvalue weighted by atomic mass is 9.92. The summed E-state index contributed by atoms with van der Waals surface area (Å²) in [4.78, 5) is 26.7. The lowest BCUT2D eigenvalue weighted by molar-refractivity contribution is -0.112. The fourth-order valence-corrected chi connectivity index (χ4v) is 3.59. The fourth-order valence-electron chi connectivity index (χ4n) is 3.24. The van der Waals surface area contributed by atoms with Crippen molar-refractivity contribution < 1.29 is 15.0 Å². The van der Waals surface area contributed by atoms with Crippen molar-refractivity contribution in [3.05, 3.63) is 76.3 Å². The predicted octanol–water partition coefficient (Wildman–Crippen LogP) is 6.69. The number of hydrogen-bond donors (Lipinski definition) is 2. The third-order valence-corrected chi connectivity index (χ3v) is 5.61.